The molecular formula is C16H26N2O4. The fourth-order valence-corrected chi connectivity index (χ4v) is 1.91. The molecule has 3 unspecified atom stereocenters. The van der Waals surface area contributed by atoms with Gasteiger partial charge < -0.3 is 21.7 Å². The van der Waals surface area contributed by atoms with E-state index in [2.05, 4.69) is 0 Å². The number of benzene rings is 1. The molecule has 0 fully saturated rings. The average molecular weight is 310 g/mol. The first kappa shape index (κ1) is 20.1. The Morgan fingerprint density at radius 1 is 1.14 bits per heavy atom. The van der Waals surface area contributed by atoms with Crippen LogP contribution < -0.4 is 11.5 Å². The maximum Gasteiger partial charge on any atom is 0.313 e. The lowest BCUT2D eigenvalue weighted by Gasteiger charge is -2.14. The Balaban J connectivity index is 0.000000433. The molecule has 1 amide bonds. The Morgan fingerprint density at radius 3 is 1.91 bits per heavy atom. The van der Waals surface area contributed by atoms with Gasteiger partial charge in [0, 0.05) is 0 Å². The Kier molecular flexibility index (Phi) is 9.05. The topological polar surface area (TPSA) is 127 Å². The second-order valence-corrected chi connectivity index (χ2v) is 5.61. The van der Waals surface area contributed by atoms with Crippen LogP contribution in [0.1, 0.15) is 38.7 Å². The number of hydrogen-bond donors (Lipinski definition) is 4. The van der Waals surface area contributed by atoms with Crippen LogP contribution in [0.15, 0.2) is 30.3 Å². The lowest BCUT2D eigenvalue weighted by Crippen LogP contribution is -2.37. The van der Waals surface area contributed by atoms with Crippen LogP contribution in [0.3, 0.4) is 0 Å². The molecule has 0 aliphatic heterocycles. The molecule has 6 heteroatoms. The first-order chi connectivity index (χ1) is 10.2. The molecule has 124 valence electrons. The van der Waals surface area contributed by atoms with E-state index in [1.165, 1.54) is 6.92 Å². The molecule has 22 heavy (non-hydrogen) atoms. The summed E-state index contributed by atoms with van der Waals surface area (Å²) in [7, 11) is 0. The third-order valence-electron chi connectivity index (χ3n) is 3.00. The van der Waals surface area contributed by atoms with Crippen molar-refractivity contribution < 1.29 is 19.8 Å². The minimum atomic E-state index is -0.999. The molecule has 3 atom stereocenters. The van der Waals surface area contributed by atoms with Crippen molar-refractivity contribution in [2.45, 2.75) is 45.3 Å². The summed E-state index contributed by atoms with van der Waals surface area (Å²) in [5.41, 5.74) is 10.9. The molecule has 6 nitrogen and oxygen atoms in total. The van der Waals surface area contributed by atoms with Crippen LogP contribution in [0.25, 0.3) is 0 Å². The van der Waals surface area contributed by atoms with Gasteiger partial charge in [-0.3, -0.25) is 9.59 Å². The van der Waals surface area contributed by atoms with E-state index < -0.39 is 29.9 Å². The summed E-state index contributed by atoms with van der Waals surface area (Å²) in [6.45, 7) is 5.48. The van der Waals surface area contributed by atoms with Crippen molar-refractivity contribution in [1.82, 2.24) is 0 Å². The van der Waals surface area contributed by atoms with E-state index in [1.54, 1.807) is 24.3 Å². The summed E-state index contributed by atoms with van der Waals surface area (Å²) in [6.07, 6.45) is -0.199. The first-order valence-electron chi connectivity index (χ1n) is 7.17. The first-order valence-corrected chi connectivity index (χ1v) is 7.17. The van der Waals surface area contributed by atoms with Gasteiger partial charge in [0.2, 0.25) is 5.91 Å². The Bertz CT molecular complexity index is 460. The highest BCUT2D eigenvalue weighted by molar-refractivity contribution is 5.79. The number of carboxylic acid groups (broad SMARTS) is 1. The maximum atomic E-state index is 10.8. The number of aliphatic hydroxyl groups excluding tert-OH is 1. The van der Waals surface area contributed by atoms with Crippen LogP contribution in [0.4, 0.5) is 0 Å². The Morgan fingerprint density at radius 2 is 1.64 bits per heavy atom. The van der Waals surface area contributed by atoms with Gasteiger partial charge in [-0.2, -0.15) is 0 Å². The Labute approximate surface area is 131 Å². The summed E-state index contributed by atoms with van der Waals surface area (Å²) < 4.78 is 0. The zero-order chi connectivity index (χ0) is 17.3. The van der Waals surface area contributed by atoms with Crippen molar-refractivity contribution in [2.75, 3.05) is 0 Å². The van der Waals surface area contributed by atoms with Crippen LogP contribution >= 0.6 is 0 Å². The van der Waals surface area contributed by atoms with Crippen molar-refractivity contribution in [2.24, 2.45) is 17.4 Å². The van der Waals surface area contributed by atoms with E-state index in [0.29, 0.717) is 17.9 Å². The van der Waals surface area contributed by atoms with Gasteiger partial charge in [0.05, 0.1) is 12.1 Å². The largest absolute Gasteiger partial charge is 0.481 e. The van der Waals surface area contributed by atoms with Crippen LogP contribution in [0, 0.1) is 5.92 Å². The lowest BCUT2D eigenvalue weighted by molar-refractivity contribution is -0.141. The highest BCUT2D eigenvalue weighted by Crippen LogP contribution is 2.19. The van der Waals surface area contributed by atoms with Gasteiger partial charge in [-0.15, -0.1) is 0 Å². The van der Waals surface area contributed by atoms with Gasteiger partial charge in [-0.05, 0) is 24.8 Å². The summed E-state index contributed by atoms with van der Waals surface area (Å²) in [5.74, 6) is -1.81. The summed E-state index contributed by atoms with van der Waals surface area (Å²) in [4.78, 5) is 21.1. The molecule has 0 aromatic heterocycles. The number of nitrogens with two attached hydrogens (primary N) is 2. The third kappa shape index (κ3) is 7.75. The predicted molar refractivity (Wildman–Crippen MR) is 85.1 cm³/mol. The number of aliphatic carboxylic acids is 1. The normalized spacial score (nSPS) is 14.5. The molecule has 0 spiro atoms. The molecule has 0 aliphatic rings. The summed E-state index contributed by atoms with van der Waals surface area (Å²) in [5, 5.41) is 18.1. The standard InChI is InChI=1S/C10H12O3.C6H14N2O/c1-7(11)9(10(12)13)8-5-3-2-4-6-8;1-4(2)3-5(7)6(8)9/h2-7,9,11H,1H3,(H,12,13);4-5H,3,7H2,1-2H3,(H2,8,9). The van der Waals surface area contributed by atoms with Crippen LogP contribution in [0.5, 0.6) is 0 Å². The van der Waals surface area contributed by atoms with Gasteiger partial charge in [0.25, 0.3) is 0 Å². The highest BCUT2D eigenvalue weighted by Gasteiger charge is 2.24. The fourth-order valence-electron chi connectivity index (χ4n) is 1.91. The minimum absolute atomic E-state index is 0.413. The van der Waals surface area contributed by atoms with Crippen molar-refractivity contribution in [3.05, 3.63) is 35.9 Å². The van der Waals surface area contributed by atoms with Gasteiger partial charge in [0.15, 0.2) is 0 Å². The second kappa shape index (κ2) is 9.92. The lowest BCUT2D eigenvalue weighted by atomic mass is 9.95. The molecule has 0 heterocycles. The van der Waals surface area contributed by atoms with E-state index in [0.717, 1.165) is 0 Å². The van der Waals surface area contributed by atoms with Gasteiger partial charge >= 0.3 is 5.97 Å². The number of rotatable bonds is 6. The Hall–Kier alpha value is -1.92. The second-order valence-electron chi connectivity index (χ2n) is 5.61. The molecule has 0 aliphatic carbocycles. The van der Waals surface area contributed by atoms with Crippen LogP contribution in [-0.2, 0) is 9.59 Å². The molecule has 0 bridgehead atoms. The van der Waals surface area contributed by atoms with Crippen LogP contribution in [0.2, 0.25) is 0 Å². The molecular weight excluding hydrogens is 284 g/mol. The van der Waals surface area contributed by atoms with E-state index in [-0.39, 0.29) is 0 Å². The maximum absolute atomic E-state index is 10.8. The summed E-state index contributed by atoms with van der Waals surface area (Å²) in [6, 6.07) is 8.26. The number of aliphatic hydroxyl groups is 1. The molecule has 1 aromatic rings. The van der Waals surface area contributed by atoms with Crippen LogP contribution in [-0.4, -0.2) is 34.2 Å². The zero-order valence-electron chi connectivity index (χ0n) is 13.3. The van der Waals surface area contributed by atoms with Gasteiger partial charge in [-0.25, -0.2) is 0 Å². The number of carboxylic acids is 1. The van der Waals surface area contributed by atoms with Crippen molar-refractivity contribution >= 4 is 11.9 Å². The van der Waals surface area contributed by atoms with E-state index in [9.17, 15) is 14.7 Å². The zero-order valence-corrected chi connectivity index (χ0v) is 13.3. The number of carbonyl (C=O) groups is 2. The third-order valence-corrected chi connectivity index (χ3v) is 3.00. The molecule has 6 N–H and O–H groups in total. The predicted octanol–water partition coefficient (Wildman–Crippen LogP) is 1.08. The van der Waals surface area contributed by atoms with E-state index in [1.807, 2.05) is 19.9 Å². The molecule has 0 saturated carbocycles. The SMILES string of the molecule is CC(C)CC(N)C(N)=O.CC(O)C(C(=O)O)c1ccccc1. The fraction of sp³-hybridized carbons (Fsp3) is 0.500. The number of hydrogen-bond acceptors (Lipinski definition) is 4. The van der Waals surface area contributed by atoms with Crippen molar-refractivity contribution in [3.63, 3.8) is 0 Å². The molecule has 0 saturated heterocycles. The highest BCUT2D eigenvalue weighted by atomic mass is 16.4. The van der Waals surface area contributed by atoms with Gasteiger partial charge in [0.1, 0.15) is 5.92 Å². The monoisotopic (exact) mass is 310 g/mol. The molecule has 1 aromatic carbocycles. The molecule has 0 radical (unpaired) electrons. The van der Waals surface area contributed by atoms with E-state index >= 15 is 0 Å². The molecule has 1 rings (SSSR count). The van der Waals surface area contributed by atoms with Gasteiger partial charge in [-0.1, -0.05) is 44.2 Å². The quantitative estimate of drug-likeness (QED) is 0.625. The van der Waals surface area contributed by atoms with Crippen molar-refractivity contribution in [1.29, 1.82) is 0 Å². The van der Waals surface area contributed by atoms with E-state index in [4.69, 9.17) is 16.6 Å². The minimum Gasteiger partial charge on any atom is -0.481 e. The number of primary amides is 1. The number of amides is 1. The average Bonchev–Trinajstić information content (AvgIpc) is 2.38. The smallest absolute Gasteiger partial charge is 0.313 e. The number of carbonyl (C=O) groups excluding carboxylic acids is 1. The van der Waals surface area contributed by atoms with Crippen molar-refractivity contribution in [3.8, 4) is 0 Å². The summed E-state index contributed by atoms with van der Waals surface area (Å²) >= 11 is 0.